The third-order valence-electron chi connectivity index (χ3n) is 2.89. The van der Waals surface area contributed by atoms with Crippen molar-refractivity contribution in [1.82, 2.24) is 9.78 Å². The van der Waals surface area contributed by atoms with Crippen LogP contribution in [-0.2, 0) is 0 Å². The molecule has 17 heavy (non-hydrogen) atoms. The minimum absolute atomic E-state index is 0.0535. The second-order valence-electron chi connectivity index (χ2n) is 4.73. The highest BCUT2D eigenvalue weighted by atomic mass is 16.6. The lowest BCUT2D eigenvalue weighted by Crippen LogP contribution is -2.17. The van der Waals surface area contributed by atoms with Crippen molar-refractivity contribution in [1.29, 1.82) is 0 Å². The maximum absolute atomic E-state index is 11.0. The molecule has 1 aromatic heterocycles. The Morgan fingerprint density at radius 2 is 2.24 bits per heavy atom. The number of rotatable bonds is 4. The summed E-state index contributed by atoms with van der Waals surface area (Å²) in [7, 11) is 0. The number of anilines is 1. The highest BCUT2D eigenvalue weighted by molar-refractivity contribution is 5.61. The molecule has 2 unspecified atom stereocenters. The van der Waals surface area contributed by atoms with E-state index >= 15 is 0 Å². The maximum atomic E-state index is 11.0. The van der Waals surface area contributed by atoms with E-state index in [1.807, 2.05) is 13.8 Å². The van der Waals surface area contributed by atoms with E-state index in [0.29, 0.717) is 11.5 Å². The molecule has 1 fully saturated rings. The van der Waals surface area contributed by atoms with Crippen LogP contribution in [0.2, 0.25) is 0 Å². The van der Waals surface area contributed by atoms with Crippen LogP contribution >= 0.6 is 0 Å². The van der Waals surface area contributed by atoms with Gasteiger partial charge < -0.3 is 11.1 Å². The number of hydrogen-bond donors (Lipinski definition) is 2. The third kappa shape index (κ3) is 2.10. The molecule has 0 bridgehead atoms. The van der Waals surface area contributed by atoms with Crippen molar-refractivity contribution < 1.29 is 4.92 Å². The van der Waals surface area contributed by atoms with E-state index in [2.05, 4.69) is 10.4 Å². The van der Waals surface area contributed by atoms with Crippen molar-refractivity contribution in [3.8, 4) is 0 Å². The van der Waals surface area contributed by atoms with Gasteiger partial charge in [-0.1, -0.05) is 0 Å². The van der Waals surface area contributed by atoms with Crippen molar-refractivity contribution >= 4 is 11.5 Å². The van der Waals surface area contributed by atoms with E-state index in [9.17, 15) is 10.1 Å². The average molecular weight is 239 g/mol. The van der Waals surface area contributed by atoms with Gasteiger partial charge in [-0.05, 0) is 27.2 Å². The first kappa shape index (κ1) is 11.8. The first-order valence-electron chi connectivity index (χ1n) is 5.67. The van der Waals surface area contributed by atoms with Crippen LogP contribution in [0.4, 0.5) is 11.5 Å². The molecule has 1 aromatic rings. The van der Waals surface area contributed by atoms with E-state index < -0.39 is 4.92 Å². The Morgan fingerprint density at radius 1 is 1.65 bits per heavy atom. The first-order chi connectivity index (χ1) is 7.91. The number of aromatic nitrogens is 2. The fourth-order valence-corrected chi connectivity index (χ4v) is 1.82. The van der Waals surface area contributed by atoms with Gasteiger partial charge in [0.1, 0.15) is 5.69 Å². The molecule has 2 rings (SSSR count). The van der Waals surface area contributed by atoms with E-state index in [4.69, 9.17) is 5.73 Å². The fourth-order valence-electron chi connectivity index (χ4n) is 1.82. The van der Waals surface area contributed by atoms with E-state index in [0.717, 1.165) is 6.42 Å². The summed E-state index contributed by atoms with van der Waals surface area (Å²) in [4.78, 5) is 10.7. The van der Waals surface area contributed by atoms with Crippen LogP contribution in [0.5, 0.6) is 0 Å². The Kier molecular flexibility index (Phi) is 2.78. The summed E-state index contributed by atoms with van der Waals surface area (Å²) in [5.74, 6) is 0.473. The van der Waals surface area contributed by atoms with Gasteiger partial charge in [-0.2, -0.15) is 5.10 Å². The highest BCUT2D eigenvalue weighted by Crippen LogP contribution is 2.34. The molecule has 0 amide bonds. The third-order valence-corrected chi connectivity index (χ3v) is 2.89. The molecule has 0 aromatic carbocycles. The molecule has 3 N–H and O–H groups in total. The van der Waals surface area contributed by atoms with Crippen molar-refractivity contribution in [2.45, 2.75) is 45.3 Å². The van der Waals surface area contributed by atoms with Crippen LogP contribution in [0, 0.1) is 17.0 Å². The molecule has 7 nitrogen and oxygen atoms in total. The number of aryl methyl sites for hydroxylation is 1. The molecule has 1 heterocycles. The van der Waals surface area contributed by atoms with Crippen LogP contribution in [0.3, 0.4) is 0 Å². The predicted octanol–water partition coefficient (Wildman–Crippen LogP) is 1.19. The SMILES string of the molecule is Cc1nn(C(C)C)c(NC2CC2N)c1[N+](=O)[O-]. The molecular formula is C10H17N5O2. The van der Waals surface area contributed by atoms with Crippen LogP contribution in [-0.4, -0.2) is 26.8 Å². The second-order valence-corrected chi connectivity index (χ2v) is 4.73. The van der Waals surface area contributed by atoms with Crippen molar-refractivity contribution in [2.75, 3.05) is 5.32 Å². The summed E-state index contributed by atoms with van der Waals surface area (Å²) in [6.45, 7) is 5.53. The number of nitrogens with two attached hydrogens (primary N) is 1. The molecule has 0 saturated heterocycles. The van der Waals surface area contributed by atoms with Gasteiger partial charge in [0.2, 0.25) is 5.82 Å². The normalized spacial score (nSPS) is 22.9. The maximum Gasteiger partial charge on any atom is 0.333 e. The van der Waals surface area contributed by atoms with Gasteiger partial charge in [-0.15, -0.1) is 0 Å². The van der Waals surface area contributed by atoms with Gasteiger partial charge >= 0.3 is 5.69 Å². The monoisotopic (exact) mass is 239 g/mol. The minimum Gasteiger partial charge on any atom is -0.360 e. The molecule has 1 saturated carbocycles. The van der Waals surface area contributed by atoms with Gasteiger partial charge in [0.25, 0.3) is 0 Å². The molecule has 1 aliphatic carbocycles. The predicted molar refractivity (Wildman–Crippen MR) is 64.0 cm³/mol. The molecule has 0 radical (unpaired) electrons. The summed E-state index contributed by atoms with van der Waals surface area (Å²) in [6.07, 6.45) is 0.847. The molecule has 0 aliphatic heterocycles. The zero-order valence-electron chi connectivity index (χ0n) is 10.2. The summed E-state index contributed by atoms with van der Waals surface area (Å²) >= 11 is 0. The largest absolute Gasteiger partial charge is 0.360 e. The van der Waals surface area contributed by atoms with Gasteiger partial charge in [0.05, 0.1) is 4.92 Å². The van der Waals surface area contributed by atoms with E-state index in [1.165, 1.54) is 0 Å². The Morgan fingerprint density at radius 3 is 2.65 bits per heavy atom. The minimum atomic E-state index is -0.391. The van der Waals surface area contributed by atoms with Crippen LogP contribution in [0.25, 0.3) is 0 Å². The lowest BCUT2D eigenvalue weighted by molar-refractivity contribution is -0.384. The zero-order valence-corrected chi connectivity index (χ0v) is 10.2. The molecule has 2 atom stereocenters. The van der Waals surface area contributed by atoms with Gasteiger partial charge in [0, 0.05) is 18.1 Å². The molecule has 1 aliphatic rings. The van der Waals surface area contributed by atoms with E-state index in [1.54, 1.807) is 11.6 Å². The Balaban J connectivity index is 2.39. The summed E-state index contributed by atoms with van der Waals surface area (Å²) in [5.41, 5.74) is 6.20. The summed E-state index contributed by atoms with van der Waals surface area (Å²) < 4.78 is 1.65. The van der Waals surface area contributed by atoms with Crippen molar-refractivity contribution in [3.63, 3.8) is 0 Å². The van der Waals surface area contributed by atoms with Gasteiger partial charge in [0.15, 0.2) is 0 Å². The second kappa shape index (κ2) is 3.99. The van der Waals surface area contributed by atoms with E-state index in [-0.39, 0.29) is 23.8 Å². The topological polar surface area (TPSA) is 99.0 Å². The van der Waals surface area contributed by atoms with Crippen molar-refractivity contribution in [3.05, 3.63) is 15.8 Å². The van der Waals surface area contributed by atoms with Gasteiger partial charge in [-0.3, -0.25) is 10.1 Å². The Hall–Kier alpha value is -1.63. The summed E-state index contributed by atoms with van der Waals surface area (Å²) in [6, 6.07) is 0.285. The summed E-state index contributed by atoms with van der Waals surface area (Å²) in [5, 5.41) is 18.4. The average Bonchev–Trinajstić information content (AvgIpc) is 2.76. The van der Waals surface area contributed by atoms with Crippen molar-refractivity contribution in [2.24, 2.45) is 5.73 Å². The Labute approximate surface area is 99.1 Å². The van der Waals surface area contributed by atoms with Gasteiger partial charge in [-0.25, -0.2) is 4.68 Å². The molecule has 0 spiro atoms. The lowest BCUT2D eigenvalue weighted by atomic mass is 10.3. The number of nitrogens with zero attached hydrogens (tertiary/aromatic N) is 3. The number of hydrogen-bond acceptors (Lipinski definition) is 5. The van der Waals surface area contributed by atoms with Crippen LogP contribution < -0.4 is 11.1 Å². The molecule has 94 valence electrons. The number of nitro groups is 1. The molecular weight excluding hydrogens is 222 g/mol. The first-order valence-corrected chi connectivity index (χ1v) is 5.67. The Bertz CT molecular complexity index is 454. The molecule has 7 heteroatoms. The lowest BCUT2D eigenvalue weighted by Gasteiger charge is -2.11. The number of nitrogens with one attached hydrogen (secondary N) is 1. The fraction of sp³-hybridized carbons (Fsp3) is 0.700. The quantitative estimate of drug-likeness (QED) is 0.607. The zero-order chi connectivity index (χ0) is 12.7. The van der Waals surface area contributed by atoms with Crippen LogP contribution in [0.1, 0.15) is 32.0 Å². The van der Waals surface area contributed by atoms with Crippen LogP contribution in [0.15, 0.2) is 0 Å². The highest BCUT2D eigenvalue weighted by Gasteiger charge is 2.37. The standard InChI is InChI=1S/C10H17N5O2/c1-5(2)14-10(12-8-4-7(8)11)9(15(16)17)6(3)13-14/h5,7-8,12H,4,11H2,1-3H3. The smallest absolute Gasteiger partial charge is 0.333 e.